The van der Waals surface area contributed by atoms with Crippen LogP contribution in [-0.4, -0.2) is 25.5 Å². The monoisotopic (exact) mass is 1570 g/mol. The highest BCUT2D eigenvalue weighted by atomic mass is 15.3. The molecule has 0 amide bonds. The molecule has 3 aliphatic carbocycles. The molecular formula is C116H89B2N5. The normalized spacial score (nSPS) is 18.0. The van der Waals surface area contributed by atoms with Gasteiger partial charge in [0.05, 0.1) is 17.1 Å². The van der Waals surface area contributed by atoms with Crippen LogP contribution in [0.1, 0.15) is 58.4 Å². The van der Waals surface area contributed by atoms with E-state index in [2.05, 4.69) is 440 Å². The van der Waals surface area contributed by atoms with Crippen molar-refractivity contribution in [1.29, 1.82) is 0 Å². The van der Waals surface area contributed by atoms with Crippen LogP contribution in [0.3, 0.4) is 0 Å². The first-order valence-corrected chi connectivity index (χ1v) is 44.3. The Morgan fingerprint density at radius 1 is 0.268 bits per heavy atom. The third kappa shape index (κ3) is 11.2. The molecule has 5 nitrogen and oxygen atoms in total. The highest BCUT2D eigenvalue weighted by Gasteiger charge is 2.69. The van der Waals surface area contributed by atoms with Gasteiger partial charge in [-0.05, 0) is 239 Å². The van der Waals surface area contributed by atoms with Crippen LogP contribution in [-0.2, 0) is 5.41 Å². The number of rotatable bonds is 13. The van der Waals surface area contributed by atoms with Crippen molar-refractivity contribution < 1.29 is 0 Å². The number of benzene rings is 17. The summed E-state index contributed by atoms with van der Waals surface area (Å²) in [5.41, 5.74) is 44.2. The summed E-state index contributed by atoms with van der Waals surface area (Å²) in [4.78, 5) is 11.3. The molecule has 1 saturated heterocycles. The molecule has 3 saturated carbocycles. The van der Waals surface area contributed by atoms with Gasteiger partial charge in [-0.15, -0.1) is 0 Å². The largest absolute Gasteiger partial charge is 0.365 e. The Balaban J connectivity index is 0.810. The third-order valence-electron chi connectivity index (χ3n) is 29.2. The molecule has 5 aliphatic heterocycles. The first kappa shape index (κ1) is 71.8. The number of para-hydroxylation sites is 2. The Morgan fingerprint density at radius 3 is 0.943 bits per heavy atom. The van der Waals surface area contributed by atoms with Gasteiger partial charge in [-0.3, -0.25) is 0 Å². The standard InChI is InChI=1S/C116H89B2N5/c1-115(2,3)86-66-103-110-107(67-86)121(112-92(77-41-19-7-20-42-77)57-83(74-35-13-4-14-36-74)58-93(112)78-43-21-8-22-44-78)104-55-33-31-53-98(104)117(110)100-70-101-106(71-102(100)119-103)123(114-96(81-49-27-11-28-50-81)61-85(76-39-17-6-18-40-76)62-97(114)82-51-29-12-30-52-82)109-69-89(120-90-64-87-63-88-65-91(120)73-116(87,88)72-90)68-108-111(109)118(101)99-54-32-34-56-105(99)122(108)113-94(79-45-23-9-24-46-79)59-84(75-37-15-5-16-38-75)60-95(113)80-47-25-10-26-48-80/h4-62,66-71,87-88,90-91,119H,63-65,72-73H2,1-3H3. The minimum Gasteiger partial charge on any atom is -0.365 e. The summed E-state index contributed by atoms with van der Waals surface area (Å²) in [6.45, 7) is 6.69. The average molecular weight is 1570 g/mol. The van der Waals surface area contributed by atoms with Gasteiger partial charge in [-0.2, -0.15) is 0 Å². The lowest BCUT2D eigenvalue weighted by Gasteiger charge is -2.49. The van der Waals surface area contributed by atoms with Gasteiger partial charge in [-0.25, -0.2) is 0 Å². The minimum absolute atomic E-state index is 0.209. The Kier molecular flexibility index (Phi) is 16.3. The molecule has 0 aromatic heterocycles. The van der Waals surface area contributed by atoms with E-state index in [9.17, 15) is 0 Å². The fourth-order valence-electron chi connectivity index (χ4n) is 23.9. The van der Waals surface area contributed by atoms with Crippen molar-refractivity contribution >= 4 is 114 Å². The van der Waals surface area contributed by atoms with Gasteiger partial charge >= 0.3 is 0 Å². The van der Waals surface area contributed by atoms with Gasteiger partial charge in [0.25, 0.3) is 13.4 Å². The van der Waals surface area contributed by atoms with Gasteiger partial charge in [0.2, 0.25) is 0 Å². The van der Waals surface area contributed by atoms with Crippen LogP contribution >= 0.6 is 0 Å². The lowest BCUT2D eigenvalue weighted by Crippen LogP contribution is -2.65. The molecule has 3 bridgehead atoms. The molecule has 123 heavy (non-hydrogen) atoms. The van der Waals surface area contributed by atoms with Gasteiger partial charge in [0, 0.05) is 96.7 Å². The molecule has 1 N–H and O–H groups in total. The van der Waals surface area contributed by atoms with E-state index >= 15 is 0 Å². The van der Waals surface area contributed by atoms with Crippen LogP contribution in [0.5, 0.6) is 0 Å². The van der Waals surface area contributed by atoms with E-state index in [1.807, 2.05) is 0 Å². The molecule has 1 spiro atoms. The van der Waals surface area contributed by atoms with E-state index in [0.717, 1.165) is 107 Å². The summed E-state index contributed by atoms with van der Waals surface area (Å²) in [5.74, 6) is 1.57. The maximum Gasteiger partial charge on any atom is 0.252 e. The average Bonchev–Trinajstić information content (AvgIpc) is 1.67. The number of anilines is 12. The van der Waals surface area contributed by atoms with E-state index in [1.165, 1.54) is 143 Å². The topological polar surface area (TPSA) is 25.0 Å². The van der Waals surface area contributed by atoms with Gasteiger partial charge in [0.15, 0.2) is 0 Å². The molecule has 17 aromatic rings. The first-order chi connectivity index (χ1) is 60.6. The number of nitrogens with zero attached hydrogens (tertiary/aromatic N) is 4. The minimum atomic E-state index is -0.259. The number of fused-ring (bicyclic) bond motifs is 10. The van der Waals surface area contributed by atoms with Crippen LogP contribution in [0.4, 0.5) is 68.2 Å². The van der Waals surface area contributed by atoms with Crippen LogP contribution in [0.15, 0.2) is 394 Å². The zero-order valence-corrected chi connectivity index (χ0v) is 69.3. The summed E-state index contributed by atoms with van der Waals surface area (Å²) in [5, 5.41) is 4.49. The molecule has 17 aromatic carbocycles. The summed E-state index contributed by atoms with van der Waals surface area (Å²) < 4.78 is 0. The molecule has 7 heteroatoms. The van der Waals surface area contributed by atoms with Crippen molar-refractivity contribution in [2.75, 3.05) is 24.9 Å². The van der Waals surface area contributed by atoms with Crippen molar-refractivity contribution in [3.63, 3.8) is 0 Å². The number of piperidine rings is 1. The lowest BCUT2D eigenvalue weighted by molar-refractivity contribution is 0.00224. The zero-order valence-electron chi connectivity index (χ0n) is 69.3. The Morgan fingerprint density at radius 2 is 0.585 bits per heavy atom. The predicted octanol–water partition coefficient (Wildman–Crippen LogP) is 26.2. The van der Waals surface area contributed by atoms with Gasteiger partial charge in [0.1, 0.15) is 0 Å². The van der Waals surface area contributed by atoms with E-state index in [1.54, 1.807) is 0 Å². The van der Waals surface area contributed by atoms with Gasteiger partial charge in [-0.1, -0.05) is 336 Å². The van der Waals surface area contributed by atoms with Crippen LogP contribution in [0.2, 0.25) is 0 Å². The second kappa shape index (κ2) is 28.0. The van der Waals surface area contributed by atoms with E-state index < -0.39 is 0 Å². The van der Waals surface area contributed by atoms with Crippen molar-refractivity contribution in [2.24, 2.45) is 17.3 Å². The molecule has 584 valence electrons. The predicted molar refractivity (Wildman–Crippen MR) is 520 cm³/mol. The third-order valence-corrected chi connectivity index (χ3v) is 29.2. The van der Waals surface area contributed by atoms with Crippen molar-refractivity contribution in [3.8, 4) is 100 Å². The maximum absolute atomic E-state index is 4.49. The Hall–Kier alpha value is -14.1. The van der Waals surface area contributed by atoms with E-state index in [4.69, 9.17) is 0 Å². The highest BCUT2D eigenvalue weighted by molar-refractivity contribution is 7.03. The zero-order chi connectivity index (χ0) is 81.3. The maximum atomic E-state index is 4.49. The van der Waals surface area contributed by atoms with E-state index in [-0.39, 0.29) is 18.8 Å². The fraction of sp³-hybridized carbons (Fsp3) is 0.121. The number of hydrogen-bond acceptors (Lipinski definition) is 5. The molecule has 4 fully saturated rings. The first-order valence-electron chi connectivity index (χ1n) is 44.3. The van der Waals surface area contributed by atoms with Crippen LogP contribution in [0, 0.1) is 17.3 Å². The van der Waals surface area contributed by atoms with Crippen LogP contribution in [0.25, 0.3) is 100 Å². The van der Waals surface area contributed by atoms with Crippen molar-refractivity contribution in [2.45, 2.75) is 70.4 Å². The molecular weight excluding hydrogens is 1480 g/mol. The van der Waals surface area contributed by atoms with Crippen molar-refractivity contribution in [3.05, 3.63) is 400 Å². The Labute approximate surface area is 722 Å². The molecule has 8 aliphatic rings. The highest BCUT2D eigenvalue weighted by Crippen LogP contribution is 2.73. The smallest absolute Gasteiger partial charge is 0.252 e. The second-order valence-corrected chi connectivity index (χ2v) is 36.7. The second-order valence-electron chi connectivity index (χ2n) is 36.7. The molecule has 25 rings (SSSR count). The fourth-order valence-corrected chi connectivity index (χ4v) is 23.9. The summed E-state index contributed by atoms with van der Waals surface area (Å²) in [7, 11) is 0. The molecule has 4 unspecified atom stereocenters. The SMILES string of the molecule is CC(C)(C)c1cc2c3c(c1)N(c1c(-c4ccccc4)cc(-c4ccccc4)cc1-c1ccccc1)c1ccccc1B3c1cc3c(cc1N2)N(c1c(-c2ccccc2)cc(-c2ccccc2)cc1-c1ccccc1)c1cc(N2C4CC5CC6CC2CC56C4)cc2c1B3c1ccccc1N2c1c(-c2ccccc2)cc(-c2ccccc2)cc1-c1ccccc1. The summed E-state index contributed by atoms with van der Waals surface area (Å²) >= 11 is 0. The molecule has 0 radical (unpaired) electrons. The number of hydrogen-bond donors (Lipinski definition) is 1. The summed E-state index contributed by atoms with van der Waals surface area (Å²) in [6.07, 6.45) is 6.42. The summed E-state index contributed by atoms with van der Waals surface area (Å²) in [6, 6.07) is 152. The van der Waals surface area contributed by atoms with Crippen LogP contribution < -0.4 is 57.7 Å². The lowest BCUT2D eigenvalue weighted by atomic mass is 9.30. The van der Waals surface area contributed by atoms with Crippen molar-refractivity contribution in [1.82, 2.24) is 0 Å². The molecule has 5 heterocycles. The quantitative estimate of drug-likeness (QED) is 0.116. The van der Waals surface area contributed by atoms with E-state index in [0.29, 0.717) is 17.5 Å². The molecule has 4 atom stereocenters. The Bertz CT molecular complexity index is 6880. The van der Waals surface area contributed by atoms with Gasteiger partial charge < -0.3 is 24.9 Å². The number of nitrogens with one attached hydrogen (secondary N) is 1.